The van der Waals surface area contributed by atoms with Gasteiger partial charge < -0.3 is 15.5 Å². The van der Waals surface area contributed by atoms with Crippen LogP contribution in [0.25, 0.3) is 0 Å². The molecule has 2 heterocycles. The first-order valence-electron chi connectivity index (χ1n) is 6.35. The number of phenolic OH excluding ortho intramolecular Hbond substituents is 2. The first-order chi connectivity index (χ1) is 11.2. The van der Waals surface area contributed by atoms with Crippen molar-refractivity contribution in [2.75, 3.05) is 5.32 Å². The number of alkyl halides is 3. The van der Waals surface area contributed by atoms with Crippen molar-refractivity contribution in [3.63, 3.8) is 0 Å². The summed E-state index contributed by atoms with van der Waals surface area (Å²) in [4.78, 5) is 13.7. The van der Waals surface area contributed by atoms with Gasteiger partial charge in [0.15, 0.2) is 17.5 Å². The first kappa shape index (κ1) is 15.6. The summed E-state index contributed by atoms with van der Waals surface area (Å²) in [5.74, 6) is -2.86. The molecule has 0 radical (unpaired) electrons. The molecule has 3 N–H and O–H groups in total. The molecule has 0 bridgehead atoms. The molecule has 1 unspecified atom stereocenters. The highest BCUT2D eigenvalue weighted by molar-refractivity contribution is 5.46. The number of nitro groups is 1. The fourth-order valence-electron chi connectivity index (χ4n) is 2.24. The predicted molar refractivity (Wildman–Crippen MR) is 71.6 cm³/mol. The van der Waals surface area contributed by atoms with Gasteiger partial charge >= 0.3 is 6.18 Å². The smallest absolute Gasteiger partial charge is 0.453 e. The van der Waals surface area contributed by atoms with E-state index in [2.05, 4.69) is 15.4 Å². The van der Waals surface area contributed by atoms with E-state index in [1.54, 1.807) is 0 Å². The molecule has 1 aromatic heterocycles. The number of phenols is 2. The average Bonchev–Trinajstić information content (AvgIpc) is 2.93. The summed E-state index contributed by atoms with van der Waals surface area (Å²) in [6, 6.07) is 1.92. The summed E-state index contributed by atoms with van der Waals surface area (Å²) in [7, 11) is 0. The minimum absolute atomic E-state index is 0.0506. The fourth-order valence-corrected chi connectivity index (χ4v) is 2.24. The van der Waals surface area contributed by atoms with Crippen LogP contribution in [0, 0.1) is 10.1 Å². The van der Waals surface area contributed by atoms with E-state index in [9.17, 15) is 33.5 Å². The van der Waals surface area contributed by atoms with Crippen molar-refractivity contribution in [2.24, 2.45) is 0 Å². The molecule has 1 atom stereocenters. The summed E-state index contributed by atoms with van der Waals surface area (Å²) >= 11 is 0. The predicted octanol–water partition coefficient (Wildman–Crippen LogP) is 1.84. The molecule has 0 fully saturated rings. The largest absolute Gasteiger partial charge is 0.504 e. The Balaban J connectivity index is 2.17. The highest BCUT2D eigenvalue weighted by atomic mass is 19.4. The van der Waals surface area contributed by atoms with Crippen molar-refractivity contribution in [2.45, 2.75) is 12.2 Å². The second kappa shape index (κ2) is 5.11. The number of nitrogens with zero attached hydrogens (tertiary/aromatic N) is 4. The van der Waals surface area contributed by atoms with Crippen molar-refractivity contribution < 1.29 is 28.3 Å². The van der Waals surface area contributed by atoms with Gasteiger partial charge in [0, 0.05) is 0 Å². The molecule has 0 saturated carbocycles. The van der Waals surface area contributed by atoms with Gasteiger partial charge in [0.2, 0.25) is 5.95 Å². The summed E-state index contributed by atoms with van der Waals surface area (Å²) in [6.45, 7) is 0. The van der Waals surface area contributed by atoms with Crippen LogP contribution in [0.15, 0.2) is 30.1 Å². The maximum absolute atomic E-state index is 12.8. The van der Waals surface area contributed by atoms with Gasteiger partial charge in [-0.15, -0.1) is 5.10 Å². The highest BCUT2D eigenvalue weighted by Crippen LogP contribution is 2.37. The Morgan fingerprint density at radius 3 is 2.58 bits per heavy atom. The molecule has 0 spiro atoms. The second-order valence-corrected chi connectivity index (χ2v) is 4.82. The molecule has 0 aliphatic carbocycles. The first-order valence-corrected chi connectivity index (χ1v) is 6.35. The van der Waals surface area contributed by atoms with Gasteiger partial charge in [-0.05, 0) is 17.7 Å². The van der Waals surface area contributed by atoms with Gasteiger partial charge in [-0.25, -0.2) is 4.68 Å². The third-order valence-corrected chi connectivity index (χ3v) is 3.28. The molecule has 1 aromatic carbocycles. The number of aromatic hydroxyl groups is 2. The van der Waals surface area contributed by atoms with E-state index in [1.165, 1.54) is 6.07 Å². The molecule has 9 nitrogen and oxygen atoms in total. The lowest BCUT2D eigenvalue weighted by atomic mass is 10.0. The third-order valence-electron chi connectivity index (χ3n) is 3.28. The van der Waals surface area contributed by atoms with E-state index in [0.717, 1.165) is 18.3 Å². The average molecular weight is 343 g/mol. The number of halogens is 3. The zero-order valence-electron chi connectivity index (χ0n) is 11.5. The Morgan fingerprint density at radius 2 is 2.00 bits per heavy atom. The molecule has 24 heavy (non-hydrogen) atoms. The number of fused-ring (bicyclic) bond motifs is 1. The van der Waals surface area contributed by atoms with Crippen LogP contribution >= 0.6 is 0 Å². The van der Waals surface area contributed by atoms with Crippen LogP contribution in [-0.2, 0) is 6.18 Å². The molecule has 126 valence electrons. The number of nitrogens with one attached hydrogen (secondary N) is 1. The number of benzene rings is 1. The lowest BCUT2D eigenvalue weighted by Gasteiger charge is -2.21. The number of aromatic nitrogens is 3. The van der Waals surface area contributed by atoms with Crippen LogP contribution in [0.5, 0.6) is 11.5 Å². The lowest BCUT2D eigenvalue weighted by Crippen LogP contribution is -2.25. The van der Waals surface area contributed by atoms with Crippen LogP contribution in [0.3, 0.4) is 0 Å². The maximum Gasteiger partial charge on any atom is 0.453 e. The number of allylic oxidation sites excluding steroid dienone is 1. The number of anilines is 1. The van der Waals surface area contributed by atoms with Crippen molar-refractivity contribution >= 4 is 5.95 Å². The third kappa shape index (κ3) is 2.47. The standard InChI is InChI=1S/C12H8F3N5O4/c13-12(14,15)10-17-11-16-4-6(20(23)24)9(19(11)18-10)5-1-2-7(21)8(22)3-5/h1-4,9,21-22H,(H,16,17,18). The molecular weight excluding hydrogens is 335 g/mol. The van der Waals surface area contributed by atoms with Crippen LogP contribution in [0.1, 0.15) is 17.4 Å². The van der Waals surface area contributed by atoms with E-state index in [4.69, 9.17) is 0 Å². The van der Waals surface area contributed by atoms with E-state index in [0.29, 0.717) is 4.68 Å². The normalized spacial score (nSPS) is 17.0. The Labute approximate surface area is 130 Å². The Morgan fingerprint density at radius 1 is 1.29 bits per heavy atom. The highest BCUT2D eigenvalue weighted by Gasteiger charge is 2.41. The maximum atomic E-state index is 12.8. The van der Waals surface area contributed by atoms with E-state index < -0.39 is 40.2 Å². The number of hydrogen-bond donors (Lipinski definition) is 3. The molecule has 1 aliphatic rings. The molecular formula is C12H8F3N5O4. The number of hydrogen-bond acceptors (Lipinski definition) is 7. The quantitative estimate of drug-likeness (QED) is 0.431. The van der Waals surface area contributed by atoms with Crippen LogP contribution in [0.4, 0.5) is 19.1 Å². The van der Waals surface area contributed by atoms with Gasteiger partial charge in [-0.1, -0.05) is 6.07 Å². The lowest BCUT2D eigenvalue weighted by molar-refractivity contribution is -0.431. The Kier molecular flexibility index (Phi) is 3.32. The Hall–Kier alpha value is -3.31. The van der Waals surface area contributed by atoms with Crippen LogP contribution in [0.2, 0.25) is 0 Å². The van der Waals surface area contributed by atoms with Crippen molar-refractivity contribution in [1.29, 1.82) is 0 Å². The zero-order chi connectivity index (χ0) is 17.6. The van der Waals surface area contributed by atoms with Crippen molar-refractivity contribution in [3.05, 3.63) is 51.6 Å². The van der Waals surface area contributed by atoms with Crippen molar-refractivity contribution in [3.8, 4) is 11.5 Å². The van der Waals surface area contributed by atoms with Crippen LogP contribution < -0.4 is 5.32 Å². The summed E-state index contributed by atoms with van der Waals surface area (Å²) in [6.07, 6.45) is -3.93. The molecule has 12 heteroatoms. The SMILES string of the molecule is O=[N+]([O-])C1=CNc2nc(C(F)(F)F)nn2C1c1ccc(O)c(O)c1. The van der Waals surface area contributed by atoms with Gasteiger partial charge in [-0.3, -0.25) is 10.1 Å². The number of rotatable bonds is 2. The molecule has 2 aromatic rings. The summed E-state index contributed by atoms with van der Waals surface area (Å²) in [5.41, 5.74) is -0.458. The van der Waals surface area contributed by atoms with E-state index in [1.807, 2.05) is 0 Å². The zero-order valence-corrected chi connectivity index (χ0v) is 11.5. The van der Waals surface area contributed by atoms with Gasteiger partial charge in [0.05, 0.1) is 11.1 Å². The Bertz CT molecular complexity index is 861. The topological polar surface area (TPSA) is 126 Å². The fraction of sp³-hybridized carbons (Fsp3) is 0.167. The van der Waals surface area contributed by atoms with E-state index in [-0.39, 0.29) is 11.5 Å². The molecule has 0 saturated heterocycles. The van der Waals surface area contributed by atoms with Crippen molar-refractivity contribution in [1.82, 2.24) is 14.8 Å². The summed E-state index contributed by atoms with van der Waals surface area (Å²) in [5, 5.41) is 35.7. The monoisotopic (exact) mass is 343 g/mol. The molecule has 0 amide bonds. The van der Waals surface area contributed by atoms with Gasteiger partial charge in [-0.2, -0.15) is 18.2 Å². The van der Waals surface area contributed by atoms with Gasteiger partial charge in [0.1, 0.15) is 0 Å². The summed E-state index contributed by atoms with van der Waals surface area (Å²) < 4.78 is 39.1. The molecule has 1 aliphatic heterocycles. The van der Waals surface area contributed by atoms with Crippen LogP contribution in [-0.4, -0.2) is 29.9 Å². The second-order valence-electron chi connectivity index (χ2n) is 4.82. The minimum Gasteiger partial charge on any atom is -0.504 e. The van der Waals surface area contributed by atoms with Gasteiger partial charge in [0.25, 0.3) is 11.5 Å². The van der Waals surface area contributed by atoms with E-state index >= 15 is 0 Å². The molecule has 3 rings (SSSR count). The minimum atomic E-state index is -4.83.